The first-order chi connectivity index (χ1) is 6.97. The van der Waals surface area contributed by atoms with Crippen LogP contribution in [-0.2, 0) is 18.7 Å². The second kappa shape index (κ2) is 6.76. The van der Waals surface area contributed by atoms with E-state index in [2.05, 4.69) is 6.58 Å². The number of ether oxygens (including phenoxy) is 2. The van der Waals surface area contributed by atoms with E-state index in [1.165, 1.54) is 0 Å². The third kappa shape index (κ3) is 5.11. The maximum Gasteiger partial charge on any atom is 0.316 e. The summed E-state index contributed by atoms with van der Waals surface area (Å²) in [5, 5.41) is 0. The van der Waals surface area contributed by atoms with Crippen molar-refractivity contribution in [3.8, 4) is 0 Å². The van der Waals surface area contributed by atoms with Gasteiger partial charge < -0.3 is 13.9 Å². The van der Waals surface area contributed by atoms with Crippen LogP contribution in [0.4, 0.5) is 0 Å². The highest BCUT2D eigenvalue weighted by atomic mass is 28.4. The summed E-state index contributed by atoms with van der Waals surface area (Å²) in [5.41, 5.74) is 0. The van der Waals surface area contributed by atoms with Crippen molar-refractivity contribution in [1.29, 1.82) is 0 Å². The lowest BCUT2D eigenvalue weighted by Gasteiger charge is -2.30. The van der Waals surface area contributed by atoms with Crippen LogP contribution in [0.15, 0.2) is 12.7 Å². The van der Waals surface area contributed by atoms with Gasteiger partial charge in [-0.2, -0.15) is 0 Å². The zero-order valence-corrected chi connectivity index (χ0v) is 10.9. The van der Waals surface area contributed by atoms with Gasteiger partial charge in [0.1, 0.15) is 0 Å². The molecule has 0 unspecified atom stereocenters. The predicted octanol–water partition coefficient (Wildman–Crippen LogP) is 1.86. The lowest BCUT2D eigenvalue weighted by atomic mass is 10.7. The largest absolute Gasteiger partial charge is 0.511 e. The first-order valence-electron chi connectivity index (χ1n) is 5.06. The molecule has 0 N–H and O–H groups in total. The molecule has 5 heteroatoms. The van der Waals surface area contributed by atoms with E-state index in [1.54, 1.807) is 0 Å². The Morgan fingerprint density at radius 1 is 1.33 bits per heavy atom. The molecule has 15 heavy (non-hydrogen) atoms. The van der Waals surface area contributed by atoms with E-state index in [-0.39, 0.29) is 0 Å². The van der Waals surface area contributed by atoms with E-state index in [1.807, 2.05) is 26.9 Å². The molecule has 0 atom stereocenters. The Kier molecular flexibility index (Phi) is 6.47. The minimum absolute atomic E-state index is 0.420. The van der Waals surface area contributed by atoms with Crippen LogP contribution in [0.3, 0.4) is 0 Å². The molecule has 0 aromatic heterocycles. The molecule has 0 aromatic carbocycles. The zero-order valence-electron chi connectivity index (χ0n) is 9.91. The molecule has 0 saturated heterocycles. The maximum atomic E-state index is 11.1. The Bertz CT molecular complexity index is 209. The summed E-state index contributed by atoms with van der Waals surface area (Å²) in [6.45, 7) is 12.0. The molecule has 0 rings (SSSR count). The molecule has 88 valence electrons. The molecule has 0 aliphatic rings. The van der Waals surface area contributed by atoms with Gasteiger partial charge in [-0.3, -0.25) is 0 Å². The summed E-state index contributed by atoms with van der Waals surface area (Å²) in [6, 6.07) is 0. The second-order valence-corrected chi connectivity index (χ2v) is 7.35. The molecule has 4 nitrogen and oxygen atoms in total. The highest BCUT2D eigenvalue weighted by Crippen LogP contribution is 2.15. The van der Waals surface area contributed by atoms with Gasteiger partial charge in [-0.25, -0.2) is 4.79 Å². The Labute approximate surface area is 92.3 Å². The van der Waals surface area contributed by atoms with Crippen LogP contribution in [0, 0.1) is 0 Å². The van der Waals surface area contributed by atoms with Gasteiger partial charge in [0.15, 0.2) is 5.91 Å². The minimum atomic E-state index is -2.32. The normalized spacial score (nSPS) is 11.5. The van der Waals surface area contributed by atoms with E-state index in [0.717, 1.165) is 6.08 Å². The van der Waals surface area contributed by atoms with Gasteiger partial charge >= 0.3 is 14.3 Å². The molecular formula is C10H20O4Si. The number of hydrogen-bond donors (Lipinski definition) is 0. The Hall–Kier alpha value is -0.653. The Balaban J connectivity index is 4.46. The van der Waals surface area contributed by atoms with Gasteiger partial charge in [0.2, 0.25) is 0 Å². The molecule has 0 aromatic rings. The van der Waals surface area contributed by atoms with E-state index in [4.69, 9.17) is 13.9 Å². The van der Waals surface area contributed by atoms with Crippen LogP contribution in [0.1, 0.15) is 13.8 Å². The van der Waals surface area contributed by atoms with Crippen molar-refractivity contribution in [1.82, 2.24) is 0 Å². The van der Waals surface area contributed by atoms with Gasteiger partial charge in [0, 0.05) is 19.3 Å². The maximum absolute atomic E-state index is 11.1. The SMILES string of the molecule is C=CC(=O)O[Si](C)(C)C(OCC)OCC. The Morgan fingerprint density at radius 2 is 1.80 bits per heavy atom. The zero-order chi connectivity index (χ0) is 11.9. The van der Waals surface area contributed by atoms with Crippen molar-refractivity contribution in [2.45, 2.75) is 32.9 Å². The standard InChI is InChI=1S/C10H20O4Si/c1-6-9(11)14-15(4,5)10(12-7-2)13-8-3/h6,10H,1,7-8H2,2-5H3. The molecule has 0 aliphatic carbocycles. The highest BCUT2D eigenvalue weighted by molar-refractivity contribution is 6.73. The van der Waals surface area contributed by atoms with Crippen LogP contribution in [0.25, 0.3) is 0 Å². The molecule has 0 saturated carbocycles. The lowest BCUT2D eigenvalue weighted by Crippen LogP contribution is -2.49. The van der Waals surface area contributed by atoms with E-state index >= 15 is 0 Å². The topological polar surface area (TPSA) is 44.8 Å². The molecule has 0 spiro atoms. The third-order valence-electron chi connectivity index (χ3n) is 1.73. The molecule has 0 fully saturated rings. The summed E-state index contributed by atoms with van der Waals surface area (Å²) < 4.78 is 16.1. The van der Waals surface area contributed by atoms with Crippen molar-refractivity contribution >= 4 is 14.3 Å². The van der Waals surface area contributed by atoms with Crippen LogP contribution < -0.4 is 0 Å². The van der Waals surface area contributed by atoms with E-state index < -0.39 is 20.2 Å². The number of hydrogen-bond acceptors (Lipinski definition) is 4. The van der Waals surface area contributed by atoms with Crippen molar-refractivity contribution in [3.05, 3.63) is 12.7 Å². The minimum Gasteiger partial charge on any atom is -0.511 e. The number of rotatable bonds is 7. The average Bonchev–Trinajstić information content (AvgIpc) is 2.16. The molecule has 0 bridgehead atoms. The average molecular weight is 232 g/mol. The predicted molar refractivity (Wildman–Crippen MR) is 60.8 cm³/mol. The Morgan fingerprint density at radius 3 is 2.13 bits per heavy atom. The fourth-order valence-corrected chi connectivity index (χ4v) is 2.94. The molecular weight excluding hydrogens is 212 g/mol. The van der Waals surface area contributed by atoms with E-state index in [0.29, 0.717) is 13.2 Å². The van der Waals surface area contributed by atoms with Gasteiger partial charge in [-0.05, 0) is 26.9 Å². The fourth-order valence-electron chi connectivity index (χ4n) is 1.10. The highest BCUT2D eigenvalue weighted by Gasteiger charge is 2.38. The summed E-state index contributed by atoms with van der Waals surface area (Å²) in [7, 11) is -2.32. The van der Waals surface area contributed by atoms with Crippen molar-refractivity contribution in [3.63, 3.8) is 0 Å². The first kappa shape index (κ1) is 14.3. The van der Waals surface area contributed by atoms with Crippen molar-refractivity contribution in [2.75, 3.05) is 13.2 Å². The lowest BCUT2D eigenvalue weighted by molar-refractivity contribution is -0.135. The van der Waals surface area contributed by atoms with Crippen LogP contribution in [0.2, 0.25) is 13.1 Å². The number of carbonyl (C=O) groups excluding carboxylic acids is 1. The van der Waals surface area contributed by atoms with Gasteiger partial charge in [0.25, 0.3) is 0 Å². The monoisotopic (exact) mass is 232 g/mol. The smallest absolute Gasteiger partial charge is 0.316 e. The van der Waals surface area contributed by atoms with Crippen molar-refractivity contribution < 1.29 is 18.7 Å². The molecule has 0 aliphatic heterocycles. The van der Waals surface area contributed by atoms with E-state index in [9.17, 15) is 4.79 Å². The van der Waals surface area contributed by atoms with Gasteiger partial charge in [0.05, 0.1) is 0 Å². The quantitative estimate of drug-likeness (QED) is 0.382. The van der Waals surface area contributed by atoms with Crippen LogP contribution in [-0.4, -0.2) is 33.4 Å². The number of carbonyl (C=O) groups is 1. The third-order valence-corrected chi connectivity index (χ3v) is 3.93. The summed E-state index contributed by atoms with van der Waals surface area (Å²) in [6.07, 6.45) is 1.16. The van der Waals surface area contributed by atoms with Crippen molar-refractivity contribution in [2.24, 2.45) is 0 Å². The molecule has 0 heterocycles. The molecule has 0 amide bonds. The van der Waals surface area contributed by atoms with Crippen LogP contribution in [0.5, 0.6) is 0 Å². The fraction of sp³-hybridized carbons (Fsp3) is 0.700. The van der Waals surface area contributed by atoms with Gasteiger partial charge in [-0.15, -0.1) is 0 Å². The van der Waals surface area contributed by atoms with Gasteiger partial charge in [-0.1, -0.05) is 6.58 Å². The summed E-state index contributed by atoms with van der Waals surface area (Å²) in [4.78, 5) is 11.1. The summed E-state index contributed by atoms with van der Waals surface area (Å²) >= 11 is 0. The first-order valence-corrected chi connectivity index (χ1v) is 8.05. The summed E-state index contributed by atoms with van der Waals surface area (Å²) in [5.74, 6) is -0.840. The van der Waals surface area contributed by atoms with Crippen LogP contribution >= 0.6 is 0 Å². The second-order valence-electron chi connectivity index (χ2n) is 3.47. The molecule has 0 radical (unpaired) electrons.